The van der Waals surface area contributed by atoms with Gasteiger partial charge in [-0.05, 0) is 31.2 Å². The minimum Gasteiger partial charge on any atom is -0.349 e. The molecule has 0 unspecified atom stereocenters. The standard InChI is InChI=1S/C16H19N5/c1-2-20(12-13-7-3-5-9-18-13)16-14(11-17)21-10-6-4-8-15(21)19-16/h3-10H,2,11-12,17H2,1H3. The molecule has 0 spiro atoms. The van der Waals surface area contributed by atoms with Gasteiger partial charge in [0.15, 0.2) is 5.82 Å². The quantitative estimate of drug-likeness (QED) is 0.779. The second kappa shape index (κ2) is 5.93. The lowest BCUT2D eigenvalue weighted by Gasteiger charge is -2.21. The number of rotatable bonds is 5. The molecular weight excluding hydrogens is 262 g/mol. The van der Waals surface area contributed by atoms with Gasteiger partial charge in [-0.3, -0.25) is 4.98 Å². The third kappa shape index (κ3) is 2.60. The predicted molar refractivity (Wildman–Crippen MR) is 84.0 cm³/mol. The Hall–Kier alpha value is -2.40. The van der Waals surface area contributed by atoms with Gasteiger partial charge in [-0.2, -0.15) is 0 Å². The van der Waals surface area contributed by atoms with Crippen LogP contribution in [0.4, 0.5) is 5.82 Å². The van der Waals surface area contributed by atoms with Gasteiger partial charge in [-0.25, -0.2) is 4.98 Å². The van der Waals surface area contributed by atoms with Gasteiger partial charge in [0.1, 0.15) is 5.65 Å². The first-order chi connectivity index (χ1) is 10.3. The van der Waals surface area contributed by atoms with Crippen LogP contribution >= 0.6 is 0 Å². The van der Waals surface area contributed by atoms with Gasteiger partial charge in [0.05, 0.1) is 17.9 Å². The molecule has 0 aliphatic rings. The highest BCUT2D eigenvalue weighted by atomic mass is 15.2. The summed E-state index contributed by atoms with van der Waals surface area (Å²) < 4.78 is 2.05. The molecule has 0 aliphatic heterocycles. The maximum atomic E-state index is 5.94. The molecule has 0 aliphatic carbocycles. The van der Waals surface area contributed by atoms with Crippen LogP contribution in [0.1, 0.15) is 18.3 Å². The fourth-order valence-electron chi connectivity index (χ4n) is 2.50. The molecule has 0 bridgehead atoms. The summed E-state index contributed by atoms with van der Waals surface area (Å²) in [6, 6.07) is 11.9. The van der Waals surface area contributed by atoms with Crippen LogP contribution in [0.15, 0.2) is 48.8 Å². The zero-order valence-corrected chi connectivity index (χ0v) is 12.1. The Labute approximate surface area is 124 Å². The summed E-state index contributed by atoms with van der Waals surface area (Å²) in [4.78, 5) is 11.3. The molecule has 0 aromatic carbocycles. The SMILES string of the molecule is CCN(Cc1ccccn1)c1nc2ccccn2c1CN. The van der Waals surface area contributed by atoms with Crippen molar-refractivity contribution < 1.29 is 0 Å². The molecule has 3 heterocycles. The van der Waals surface area contributed by atoms with Gasteiger partial charge in [-0.1, -0.05) is 12.1 Å². The van der Waals surface area contributed by atoms with E-state index >= 15 is 0 Å². The molecule has 2 N–H and O–H groups in total. The van der Waals surface area contributed by atoms with Gasteiger partial charge in [-0.15, -0.1) is 0 Å². The summed E-state index contributed by atoms with van der Waals surface area (Å²) in [6.07, 6.45) is 3.82. The van der Waals surface area contributed by atoms with E-state index in [1.165, 1.54) is 0 Å². The highest BCUT2D eigenvalue weighted by molar-refractivity contribution is 5.56. The molecule has 3 rings (SSSR count). The minimum absolute atomic E-state index is 0.458. The summed E-state index contributed by atoms with van der Waals surface area (Å²) in [5.74, 6) is 0.942. The van der Waals surface area contributed by atoms with Crippen LogP contribution < -0.4 is 10.6 Å². The second-order valence-electron chi connectivity index (χ2n) is 4.85. The second-order valence-corrected chi connectivity index (χ2v) is 4.85. The summed E-state index contributed by atoms with van der Waals surface area (Å²) in [5, 5.41) is 0. The number of fused-ring (bicyclic) bond motifs is 1. The number of nitrogens with two attached hydrogens (primary N) is 1. The topological polar surface area (TPSA) is 59.5 Å². The highest BCUT2D eigenvalue weighted by Crippen LogP contribution is 2.22. The van der Waals surface area contributed by atoms with Crippen molar-refractivity contribution in [2.24, 2.45) is 5.73 Å². The van der Waals surface area contributed by atoms with Crippen molar-refractivity contribution in [3.05, 3.63) is 60.2 Å². The van der Waals surface area contributed by atoms with Gasteiger partial charge < -0.3 is 15.0 Å². The van der Waals surface area contributed by atoms with E-state index in [4.69, 9.17) is 10.7 Å². The number of anilines is 1. The van der Waals surface area contributed by atoms with Crippen molar-refractivity contribution in [2.45, 2.75) is 20.0 Å². The highest BCUT2D eigenvalue weighted by Gasteiger charge is 2.16. The average molecular weight is 281 g/mol. The van der Waals surface area contributed by atoms with E-state index in [1.54, 1.807) is 0 Å². The molecule has 108 valence electrons. The molecule has 0 atom stereocenters. The van der Waals surface area contributed by atoms with E-state index in [0.29, 0.717) is 6.54 Å². The van der Waals surface area contributed by atoms with Gasteiger partial charge in [0.2, 0.25) is 0 Å². The largest absolute Gasteiger partial charge is 0.349 e. The maximum Gasteiger partial charge on any atom is 0.152 e. The summed E-state index contributed by atoms with van der Waals surface area (Å²) >= 11 is 0. The third-order valence-corrected chi connectivity index (χ3v) is 3.56. The number of pyridine rings is 2. The number of aromatic nitrogens is 3. The zero-order valence-electron chi connectivity index (χ0n) is 12.1. The van der Waals surface area contributed by atoms with Crippen LogP contribution in [0.5, 0.6) is 0 Å². The van der Waals surface area contributed by atoms with Gasteiger partial charge in [0.25, 0.3) is 0 Å². The molecule has 3 aromatic rings. The van der Waals surface area contributed by atoms with E-state index in [2.05, 4.69) is 21.2 Å². The molecule has 5 heteroatoms. The predicted octanol–water partition coefficient (Wildman–Crippen LogP) is 2.21. The van der Waals surface area contributed by atoms with E-state index in [1.807, 2.05) is 48.8 Å². The van der Waals surface area contributed by atoms with E-state index in [9.17, 15) is 0 Å². The smallest absolute Gasteiger partial charge is 0.152 e. The van der Waals surface area contributed by atoms with Crippen molar-refractivity contribution in [1.82, 2.24) is 14.4 Å². The molecule has 21 heavy (non-hydrogen) atoms. The van der Waals surface area contributed by atoms with Crippen molar-refractivity contribution in [1.29, 1.82) is 0 Å². The lowest BCUT2D eigenvalue weighted by molar-refractivity contribution is 0.785. The van der Waals surface area contributed by atoms with Crippen LogP contribution in [0.3, 0.4) is 0 Å². The van der Waals surface area contributed by atoms with Crippen LogP contribution in [-0.4, -0.2) is 20.9 Å². The molecule has 0 radical (unpaired) electrons. The van der Waals surface area contributed by atoms with Crippen molar-refractivity contribution in [2.75, 3.05) is 11.4 Å². The van der Waals surface area contributed by atoms with Crippen LogP contribution in [0.2, 0.25) is 0 Å². The van der Waals surface area contributed by atoms with Crippen LogP contribution in [0, 0.1) is 0 Å². The van der Waals surface area contributed by atoms with Crippen molar-refractivity contribution in [3.8, 4) is 0 Å². The van der Waals surface area contributed by atoms with Gasteiger partial charge >= 0.3 is 0 Å². The Morgan fingerprint density at radius 2 is 2.05 bits per heavy atom. The van der Waals surface area contributed by atoms with Crippen molar-refractivity contribution in [3.63, 3.8) is 0 Å². The van der Waals surface area contributed by atoms with E-state index < -0.39 is 0 Å². The Kier molecular flexibility index (Phi) is 3.83. The Bertz CT molecular complexity index is 720. The lowest BCUT2D eigenvalue weighted by Crippen LogP contribution is -2.24. The fourth-order valence-corrected chi connectivity index (χ4v) is 2.50. The van der Waals surface area contributed by atoms with Crippen molar-refractivity contribution >= 4 is 11.5 Å². The van der Waals surface area contributed by atoms with Crippen LogP contribution in [-0.2, 0) is 13.1 Å². The first-order valence-corrected chi connectivity index (χ1v) is 7.14. The monoisotopic (exact) mass is 281 g/mol. The zero-order chi connectivity index (χ0) is 14.7. The number of hydrogen-bond donors (Lipinski definition) is 1. The Balaban J connectivity index is 2.00. The number of nitrogens with zero attached hydrogens (tertiary/aromatic N) is 4. The number of hydrogen-bond acceptors (Lipinski definition) is 4. The molecule has 0 amide bonds. The summed E-state index contributed by atoms with van der Waals surface area (Å²) in [5.41, 5.74) is 8.93. The molecule has 5 nitrogen and oxygen atoms in total. The Morgan fingerprint density at radius 1 is 1.19 bits per heavy atom. The number of imidazole rings is 1. The normalized spacial score (nSPS) is 11.0. The molecule has 0 saturated heterocycles. The maximum absolute atomic E-state index is 5.94. The lowest BCUT2D eigenvalue weighted by atomic mass is 10.3. The first kappa shape index (κ1) is 13.6. The Morgan fingerprint density at radius 3 is 2.76 bits per heavy atom. The molecule has 3 aromatic heterocycles. The average Bonchev–Trinajstić information content (AvgIpc) is 2.92. The minimum atomic E-state index is 0.458. The van der Waals surface area contributed by atoms with Gasteiger partial charge in [0, 0.05) is 25.5 Å². The van der Waals surface area contributed by atoms with Crippen LogP contribution in [0.25, 0.3) is 5.65 Å². The fraction of sp³-hybridized carbons (Fsp3) is 0.250. The first-order valence-electron chi connectivity index (χ1n) is 7.14. The third-order valence-electron chi connectivity index (χ3n) is 3.56. The van der Waals surface area contributed by atoms with E-state index in [-0.39, 0.29) is 0 Å². The molecule has 0 fully saturated rings. The molecule has 0 saturated carbocycles. The summed E-state index contributed by atoms with van der Waals surface area (Å²) in [7, 11) is 0. The molecular formula is C16H19N5. The summed E-state index contributed by atoms with van der Waals surface area (Å²) in [6.45, 7) is 4.16. The van der Waals surface area contributed by atoms with E-state index in [0.717, 1.165) is 35.9 Å².